The molecule has 1 amide bonds. The van der Waals surface area contributed by atoms with Crippen LogP contribution in [0.5, 0.6) is 0 Å². The minimum Gasteiger partial charge on any atom is -0.466 e. The molecule has 0 spiro atoms. The highest BCUT2D eigenvalue weighted by Crippen LogP contribution is 2.24. The predicted octanol–water partition coefficient (Wildman–Crippen LogP) is 3.11. The van der Waals surface area contributed by atoms with E-state index in [9.17, 15) is 4.79 Å². The van der Waals surface area contributed by atoms with Gasteiger partial charge in [0.1, 0.15) is 11.5 Å². The van der Waals surface area contributed by atoms with Crippen molar-refractivity contribution in [3.8, 4) is 0 Å². The van der Waals surface area contributed by atoms with Crippen molar-refractivity contribution in [1.82, 2.24) is 15.2 Å². The minimum atomic E-state index is -0.0585. The van der Waals surface area contributed by atoms with Crippen molar-refractivity contribution in [3.63, 3.8) is 0 Å². The van der Waals surface area contributed by atoms with Crippen LogP contribution in [0.3, 0.4) is 0 Å². The summed E-state index contributed by atoms with van der Waals surface area (Å²) in [5, 5.41) is 3.09. The van der Waals surface area contributed by atoms with Crippen LogP contribution in [0.2, 0.25) is 0 Å². The molecule has 1 atom stereocenters. The average molecular weight is 327 g/mol. The van der Waals surface area contributed by atoms with Gasteiger partial charge in [-0.15, -0.1) is 0 Å². The Kier molecular flexibility index (Phi) is 5.30. The molecule has 5 heteroatoms. The number of amides is 1. The molecular weight excluding hydrogens is 302 g/mol. The third kappa shape index (κ3) is 3.67. The summed E-state index contributed by atoms with van der Waals surface area (Å²) in [5.74, 6) is 1.47. The van der Waals surface area contributed by atoms with Gasteiger partial charge in [-0.2, -0.15) is 0 Å². The van der Waals surface area contributed by atoms with Gasteiger partial charge in [-0.3, -0.25) is 14.7 Å². The van der Waals surface area contributed by atoms with Gasteiger partial charge in [0.25, 0.3) is 5.91 Å². The number of aryl methyl sites for hydroxylation is 2. The molecule has 0 bridgehead atoms. The summed E-state index contributed by atoms with van der Waals surface area (Å²) in [7, 11) is 0. The van der Waals surface area contributed by atoms with E-state index in [0.717, 1.165) is 36.6 Å². The highest BCUT2D eigenvalue weighted by molar-refractivity contribution is 5.95. The zero-order chi connectivity index (χ0) is 16.9. The molecule has 1 aliphatic rings. The summed E-state index contributed by atoms with van der Waals surface area (Å²) in [4.78, 5) is 19.3. The number of carbonyl (C=O) groups is 1. The lowest BCUT2D eigenvalue weighted by Gasteiger charge is -2.27. The maximum Gasteiger partial charge on any atom is 0.254 e. The van der Waals surface area contributed by atoms with E-state index >= 15 is 0 Å². The third-order valence-electron chi connectivity index (χ3n) is 4.60. The molecular formula is C19H25N3O2. The second kappa shape index (κ2) is 7.62. The molecule has 0 saturated carbocycles. The quantitative estimate of drug-likeness (QED) is 0.885. The number of hydrogen-bond acceptors (Lipinski definition) is 4. The minimum absolute atomic E-state index is 0.0585. The summed E-state index contributed by atoms with van der Waals surface area (Å²) >= 11 is 0. The molecule has 1 unspecified atom stereocenters. The summed E-state index contributed by atoms with van der Waals surface area (Å²) < 4.78 is 5.59. The average Bonchev–Trinajstić information content (AvgIpc) is 3.25. The summed E-state index contributed by atoms with van der Waals surface area (Å²) in [6, 6.07) is 6.03. The molecule has 1 N–H and O–H groups in total. The van der Waals surface area contributed by atoms with Gasteiger partial charge in [0.2, 0.25) is 0 Å². The second-order valence-electron chi connectivity index (χ2n) is 6.30. The van der Waals surface area contributed by atoms with E-state index in [1.54, 1.807) is 6.20 Å². The number of carbonyl (C=O) groups excluding carboxylic acids is 1. The first-order chi connectivity index (χ1) is 11.7. The molecule has 0 aliphatic carbocycles. The number of furan rings is 1. The lowest BCUT2D eigenvalue weighted by atomic mass is 10.1. The van der Waals surface area contributed by atoms with Gasteiger partial charge in [0.15, 0.2) is 0 Å². The lowest BCUT2D eigenvalue weighted by molar-refractivity contribution is 0.0936. The van der Waals surface area contributed by atoms with Crippen LogP contribution >= 0.6 is 0 Å². The van der Waals surface area contributed by atoms with Gasteiger partial charge in [-0.1, -0.05) is 13.0 Å². The number of rotatable bonds is 6. The van der Waals surface area contributed by atoms with E-state index in [4.69, 9.17) is 4.42 Å². The van der Waals surface area contributed by atoms with E-state index in [1.165, 1.54) is 12.8 Å². The Bertz CT molecular complexity index is 675. The molecule has 0 aromatic carbocycles. The Morgan fingerprint density at radius 3 is 2.88 bits per heavy atom. The van der Waals surface area contributed by atoms with Crippen molar-refractivity contribution >= 4 is 5.91 Å². The molecule has 1 aliphatic heterocycles. The number of likely N-dealkylation sites (tertiary alicyclic amines) is 1. The zero-order valence-electron chi connectivity index (χ0n) is 14.4. The van der Waals surface area contributed by atoms with Crippen LogP contribution in [0.4, 0.5) is 0 Å². The molecule has 3 heterocycles. The van der Waals surface area contributed by atoms with Crippen molar-refractivity contribution in [2.45, 2.75) is 39.2 Å². The second-order valence-corrected chi connectivity index (χ2v) is 6.30. The monoisotopic (exact) mass is 327 g/mol. The van der Waals surface area contributed by atoms with Crippen LogP contribution in [-0.4, -0.2) is 35.4 Å². The highest BCUT2D eigenvalue weighted by Gasteiger charge is 2.25. The molecule has 128 valence electrons. The van der Waals surface area contributed by atoms with Crippen LogP contribution in [0, 0.1) is 6.92 Å². The van der Waals surface area contributed by atoms with E-state index in [0.29, 0.717) is 12.1 Å². The Hall–Kier alpha value is -2.14. The van der Waals surface area contributed by atoms with Gasteiger partial charge in [-0.05, 0) is 50.6 Å². The molecule has 1 fully saturated rings. The zero-order valence-corrected chi connectivity index (χ0v) is 14.4. The number of nitrogens with one attached hydrogen (secondary N) is 1. The van der Waals surface area contributed by atoms with Crippen LogP contribution in [0.1, 0.15) is 53.2 Å². The number of aromatic nitrogens is 1. The Morgan fingerprint density at radius 1 is 1.42 bits per heavy atom. The van der Waals surface area contributed by atoms with E-state index in [-0.39, 0.29) is 11.9 Å². The maximum atomic E-state index is 12.6. The van der Waals surface area contributed by atoms with E-state index < -0.39 is 0 Å². The van der Waals surface area contributed by atoms with Crippen molar-refractivity contribution < 1.29 is 9.21 Å². The number of hydrogen-bond donors (Lipinski definition) is 1. The third-order valence-corrected chi connectivity index (χ3v) is 4.60. The number of pyridine rings is 1. The Balaban J connectivity index is 1.72. The molecule has 1 saturated heterocycles. The van der Waals surface area contributed by atoms with E-state index in [2.05, 4.69) is 21.3 Å². The molecule has 3 rings (SSSR count). The normalized spacial score (nSPS) is 16.2. The largest absolute Gasteiger partial charge is 0.466 e. The topological polar surface area (TPSA) is 58.4 Å². The van der Waals surface area contributed by atoms with Gasteiger partial charge >= 0.3 is 0 Å². The fraction of sp³-hybridized carbons (Fsp3) is 0.474. The molecule has 24 heavy (non-hydrogen) atoms. The maximum absolute atomic E-state index is 12.6. The summed E-state index contributed by atoms with van der Waals surface area (Å²) in [6.07, 6.45) is 6.82. The molecule has 0 radical (unpaired) electrons. The standard InChI is InChI=1S/C19H25N3O2/c1-3-18-16(11-14(2)24-18)19(23)21-13-17(22-9-4-5-10-22)15-7-6-8-20-12-15/h6-8,11-12,17H,3-5,9-10,13H2,1-2H3,(H,21,23). The van der Waals surface area contributed by atoms with Gasteiger partial charge in [-0.25, -0.2) is 0 Å². The predicted molar refractivity (Wildman–Crippen MR) is 92.9 cm³/mol. The Morgan fingerprint density at radius 2 is 2.21 bits per heavy atom. The van der Waals surface area contributed by atoms with E-state index in [1.807, 2.05) is 32.2 Å². The van der Waals surface area contributed by atoms with Crippen molar-refractivity contribution in [2.75, 3.05) is 19.6 Å². The van der Waals surface area contributed by atoms with Gasteiger partial charge < -0.3 is 9.73 Å². The van der Waals surface area contributed by atoms with Crippen molar-refractivity contribution in [1.29, 1.82) is 0 Å². The SMILES string of the molecule is CCc1oc(C)cc1C(=O)NCC(c1cccnc1)N1CCCC1. The first-order valence-corrected chi connectivity index (χ1v) is 8.70. The first kappa shape index (κ1) is 16.7. The first-order valence-electron chi connectivity index (χ1n) is 8.70. The van der Waals surface area contributed by atoms with Gasteiger partial charge in [0, 0.05) is 25.4 Å². The van der Waals surface area contributed by atoms with Crippen LogP contribution in [0.15, 0.2) is 35.0 Å². The molecule has 2 aromatic heterocycles. The van der Waals surface area contributed by atoms with Crippen LogP contribution < -0.4 is 5.32 Å². The molecule has 2 aromatic rings. The Labute approximate surface area is 143 Å². The fourth-order valence-corrected chi connectivity index (χ4v) is 3.39. The fourth-order valence-electron chi connectivity index (χ4n) is 3.39. The van der Waals surface area contributed by atoms with Crippen molar-refractivity contribution in [2.24, 2.45) is 0 Å². The lowest BCUT2D eigenvalue weighted by Crippen LogP contribution is -2.37. The summed E-state index contributed by atoms with van der Waals surface area (Å²) in [6.45, 7) is 6.59. The number of nitrogens with zero attached hydrogens (tertiary/aromatic N) is 2. The van der Waals surface area contributed by atoms with Gasteiger partial charge in [0.05, 0.1) is 11.6 Å². The molecule has 5 nitrogen and oxygen atoms in total. The van der Waals surface area contributed by atoms with Crippen molar-refractivity contribution in [3.05, 3.63) is 53.2 Å². The summed E-state index contributed by atoms with van der Waals surface area (Å²) in [5.41, 5.74) is 1.81. The highest BCUT2D eigenvalue weighted by atomic mass is 16.3. The smallest absolute Gasteiger partial charge is 0.254 e. The van der Waals surface area contributed by atoms with Crippen LogP contribution in [0.25, 0.3) is 0 Å². The van der Waals surface area contributed by atoms with Crippen LogP contribution in [-0.2, 0) is 6.42 Å².